The van der Waals surface area contributed by atoms with E-state index in [2.05, 4.69) is 21.7 Å². The average molecular weight is 405 g/mol. The topological polar surface area (TPSA) is 69.5 Å². The minimum atomic E-state index is 0.0871. The third-order valence-electron chi connectivity index (χ3n) is 4.94. The lowest BCUT2D eigenvalue weighted by Crippen LogP contribution is -2.30. The van der Waals surface area contributed by atoms with Crippen molar-refractivity contribution < 1.29 is 14.3 Å². The molecular weight excluding hydrogens is 376 g/mol. The van der Waals surface area contributed by atoms with Crippen molar-refractivity contribution in [2.24, 2.45) is 0 Å². The number of methoxy groups -OCH3 is 2. The van der Waals surface area contributed by atoms with E-state index in [1.807, 2.05) is 25.2 Å². The van der Waals surface area contributed by atoms with Gasteiger partial charge in [-0.1, -0.05) is 17.8 Å². The number of nitrogens with zero attached hydrogens (tertiary/aromatic N) is 4. The molecule has 0 saturated heterocycles. The third kappa shape index (κ3) is 4.79. The van der Waals surface area contributed by atoms with Gasteiger partial charge in [0, 0.05) is 26.1 Å². The summed E-state index contributed by atoms with van der Waals surface area (Å²) >= 11 is 1.47. The molecule has 0 atom stereocenters. The first-order chi connectivity index (χ1) is 13.6. The maximum atomic E-state index is 12.5. The predicted molar refractivity (Wildman–Crippen MR) is 109 cm³/mol. The molecule has 1 saturated carbocycles. The molecule has 1 fully saturated rings. The monoisotopic (exact) mass is 404 g/mol. The molecule has 0 aliphatic heterocycles. The molecule has 7 nitrogen and oxygen atoms in total. The first-order valence-corrected chi connectivity index (χ1v) is 10.6. The first-order valence-electron chi connectivity index (χ1n) is 9.58. The highest BCUT2D eigenvalue weighted by atomic mass is 32.2. The zero-order valence-electron chi connectivity index (χ0n) is 17.0. The van der Waals surface area contributed by atoms with Crippen molar-refractivity contribution in [3.05, 3.63) is 29.6 Å². The van der Waals surface area contributed by atoms with Gasteiger partial charge in [0.1, 0.15) is 5.82 Å². The smallest absolute Gasteiger partial charge is 0.232 e. The van der Waals surface area contributed by atoms with E-state index in [0.717, 1.165) is 29.5 Å². The van der Waals surface area contributed by atoms with E-state index in [1.54, 1.807) is 19.1 Å². The van der Waals surface area contributed by atoms with Crippen molar-refractivity contribution in [3.8, 4) is 11.5 Å². The van der Waals surface area contributed by atoms with Crippen molar-refractivity contribution in [2.75, 3.05) is 33.6 Å². The molecule has 152 valence electrons. The Kier molecular flexibility index (Phi) is 6.83. The number of ether oxygens (including phenoxy) is 2. The van der Waals surface area contributed by atoms with Crippen LogP contribution in [-0.4, -0.2) is 59.1 Å². The SMILES string of the molecule is CCn1c(SCC(=O)N(C)CCc2ccc(OC)c(OC)c2)nnc1C1CC1. The number of thioether (sulfide) groups is 1. The van der Waals surface area contributed by atoms with Crippen molar-refractivity contribution >= 4 is 17.7 Å². The molecule has 0 radical (unpaired) electrons. The summed E-state index contributed by atoms with van der Waals surface area (Å²) in [5.41, 5.74) is 1.10. The van der Waals surface area contributed by atoms with Gasteiger partial charge in [-0.25, -0.2) is 0 Å². The number of carbonyl (C=O) groups excluding carboxylic acids is 1. The summed E-state index contributed by atoms with van der Waals surface area (Å²) in [6.45, 7) is 3.57. The summed E-state index contributed by atoms with van der Waals surface area (Å²) in [5, 5.41) is 9.45. The van der Waals surface area contributed by atoms with Gasteiger partial charge in [0.15, 0.2) is 16.7 Å². The quantitative estimate of drug-likeness (QED) is 0.567. The van der Waals surface area contributed by atoms with Crippen LogP contribution in [0.1, 0.15) is 37.1 Å². The summed E-state index contributed by atoms with van der Waals surface area (Å²) in [6.07, 6.45) is 3.14. The minimum absolute atomic E-state index is 0.0871. The van der Waals surface area contributed by atoms with Crippen molar-refractivity contribution in [1.29, 1.82) is 0 Å². The minimum Gasteiger partial charge on any atom is -0.493 e. The summed E-state index contributed by atoms with van der Waals surface area (Å²) in [4.78, 5) is 14.3. The highest BCUT2D eigenvalue weighted by molar-refractivity contribution is 7.99. The number of hydrogen-bond acceptors (Lipinski definition) is 6. The van der Waals surface area contributed by atoms with Crippen LogP contribution in [0.15, 0.2) is 23.4 Å². The zero-order chi connectivity index (χ0) is 20.1. The maximum Gasteiger partial charge on any atom is 0.232 e. The van der Waals surface area contributed by atoms with Gasteiger partial charge in [-0.05, 0) is 43.9 Å². The van der Waals surface area contributed by atoms with Gasteiger partial charge >= 0.3 is 0 Å². The fourth-order valence-electron chi connectivity index (χ4n) is 3.04. The lowest BCUT2D eigenvalue weighted by molar-refractivity contribution is -0.127. The Bertz CT molecular complexity index is 820. The second kappa shape index (κ2) is 9.32. The van der Waals surface area contributed by atoms with Crippen LogP contribution in [0.2, 0.25) is 0 Å². The van der Waals surface area contributed by atoms with Crippen LogP contribution >= 0.6 is 11.8 Å². The fourth-order valence-corrected chi connectivity index (χ4v) is 3.99. The van der Waals surface area contributed by atoms with Crippen molar-refractivity contribution in [1.82, 2.24) is 19.7 Å². The summed E-state index contributed by atoms with van der Waals surface area (Å²) in [6, 6.07) is 5.84. The standard InChI is InChI=1S/C20H28N4O3S/c1-5-24-19(15-7-8-15)21-22-20(24)28-13-18(25)23(2)11-10-14-6-9-16(26-3)17(12-14)27-4/h6,9,12,15H,5,7-8,10-11,13H2,1-4H3. The molecule has 28 heavy (non-hydrogen) atoms. The Morgan fingerprint density at radius 1 is 1.25 bits per heavy atom. The lowest BCUT2D eigenvalue weighted by Gasteiger charge is -2.17. The second-order valence-electron chi connectivity index (χ2n) is 6.90. The molecule has 1 aromatic heterocycles. The highest BCUT2D eigenvalue weighted by Crippen LogP contribution is 2.40. The van der Waals surface area contributed by atoms with E-state index in [1.165, 1.54) is 24.6 Å². The average Bonchev–Trinajstić information content (AvgIpc) is 3.49. The first kappa shape index (κ1) is 20.5. The zero-order valence-corrected chi connectivity index (χ0v) is 17.8. The molecule has 1 aliphatic carbocycles. The molecule has 3 rings (SSSR count). The van der Waals surface area contributed by atoms with Crippen LogP contribution in [0.25, 0.3) is 0 Å². The van der Waals surface area contributed by atoms with Gasteiger partial charge in [-0.15, -0.1) is 10.2 Å². The Hall–Kier alpha value is -2.22. The van der Waals surface area contributed by atoms with E-state index in [0.29, 0.717) is 29.7 Å². The molecule has 1 heterocycles. The van der Waals surface area contributed by atoms with Crippen molar-refractivity contribution in [3.63, 3.8) is 0 Å². The van der Waals surface area contributed by atoms with Gasteiger partial charge in [0.25, 0.3) is 0 Å². The van der Waals surface area contributed by atoms with Crippen LogP contribution in [0.5, 0.6) is 11.5 Å². The molecule has 0 spiro atoms. The number of likely N-dealkylation sites (N-methyl/N-ethyl adjacent to an activating group) is 1. The molecule has 1 aromatic carbocycles. The maximum absolute atomic E-state index is 12.5. The fraction of sp³-hybridized carbons (Fsp3) is 0.550. The molecule has 0 bridgehead atoms. The van der Waals surface area contributed by atoms with E-state index < -0.39 is 0 Å². The van der Waals surface area contributed by atoms with E-state index in [-0.39, 0.29) is 5.91 Å². The molecular formula is C20H28N4O3S. The van der Waals surface area contributed by atoms with Gasteiger partial charge in [-0.3, -0.25) is 4.79 Å². The number of carbonyl (C=O) groups is 1. The van der Waals surface area contributed by atoms with Crippen molar-refractivity contribution in [2.45, 2.75) is 43.8 Å². The Morgan fingerprint density at radius 2 is 2.00 bits per heavy atom. The number of rotatable bonds is 10. The van der Waals surface area contributed by atoms with E-state index >= 15 is 0 Å². The molecule has 1 aliphatic rings. The van der Waals surface area contributed by atoms with E-state index in [9.17, 15) is 4.79 Å². The van der Waals surface area contributed by atoms with Crippen LogP contribution in [-0.2, 0) is 17.8 Å². The normalized spacial score (nSPS) is 13.4. The molecule has 8 heteroatoms. The van der Waals surface area contributed by atoms with Gasteiger partial charge in [-0.2, -0.15) is 0 Å². The summed E-state index contributed by atoms with van der Waals surface area (Å²) in [5.74, 6) is 3.49. The van der Waals surface area contributed by atoms with E-state index in [4.69, 9.17) is 9.47 Å². The molecule has 0 unspecified atom stereocenters. The molecule has 2 aromatic rings. The Labute approximate surface area is 170 Å². The number of amides is 1. The van der Waals surface area contributed by atoms with Gasteiger partial charge in [0.2, 0.25) is 5.91 Å². The Balaban J connectivity index is 1.51. The summed E-state index contributed by atoms with van der Waals surface area (Å²) in [7, 11) is 5.08. The van der Waals surface area contributed by atoms with Crippen LogP contribution in [0, 0.1) is 0 Å². The molecule has 1 amide bonds. The van der Waals surface area contributed by atoms with Crippen LogP contribution in [0.4, 0.5) is 0 Å². The third-order valence-corrected chi connectivity index (χ3v) is 5.89. The summed E-state index contributed by atoms with van der Waals surface area (Å²) < 4.78 is 12.7. The van der Waals surface area contributed by atoms with Crippen LogP contribution < -0.4 is 9.47 Å². The molecule has 0 N–H and O–H groups in total. The Morgan fingerprint density at radius 3 is 2.64 bits per heavy atom. The number of benzene rings is 1. The second-order valence-corrected chi connectivity index (χ2v) is 7.85. The van der Waals surface area contributed by atoms with Crippen LogP contribution in [0.3, 0.4) is 0 Å². The number of aromatic nitrogens is 3. The van der Waals surface area contributed by atoms with Gasteiger partial charge < -0.3 is 18.9 Å². The van der Waals surface area contributed by atoms with Gasteiger partial charge in [0.05, 0.1) is 20.0 Å². The predicted octanol–water partition coefficient (Wildman–Crippen LogP) is 2.99. The lowest BCUT2D eigenvalue weighted by atomic mass is 10.1. The highest BCUT2D eigenvalue weighted by Gasteiger charge is 2.30. The number of hydrogen-bond donors (Lipinski definition) is 0. The largest absolute Gasteiger partial charge is 0.493 e.